The molecule has 5 nitrogen and oxygen atoms in total. The third kappa shape index (κ3) is 3.29. The van der Waals surface area contributed by atoms with Gasteiger partial charge in [-0.2, -0.15) is 0 Å². The second-order valence-electron chi connectivity index (χ2n) is 5.90. The number of carbonyl (C=O) groups is 1. The van der Waals surface area contributed by atoms with Crippen LogP contribution in [0.2, 0.25) is 0 Å². The summed E-state index contributed by atoms with van der Waals surface area (Å²) in [6.07, 6.45) is 2.26. The van der Waals surface area contributed by atoms with Crippen LogP contribution in [0, 0.1) is 6.92 Å². The van der Waals surface area contributed by atoms with Gasteiger partial charge in [-0.25, -0.2) is 4.79 Å². The summed E-state index contributed by atoms with van der Waals surface area (Å²) in [5.74, 6) is -0.374. The molecule has 0 aliphatic carbocycles. The van der Waals surface area contributed by atoms with Crippen molar-refractivity contribution in [2.45, 2.75) is 25.8 Å². The zero-order valence-corrected chi connectivity index (χ0v) is 13.3. The van der Waals surface area contributed by atoms with E-state index in [-0.39, 0.29) is 5.97 Å². The SMILES string of the molecule is COC(=O)c1cc(N2CCC(N(C)C)CC2)cc(C)c1N. The quantitative estimate of drug-likeness (QED) is 0.681. The summed E-state index contributed by atoms with van der Waals surface area (Å²) in [4.78, 5) is 16.4. The largest absolute Gasteiger partial charge is 0.465 e. The van der Waals surface area contributed by atoms with Crippen LogP contribution in [-0.4, -0.2) is 51.2 Å². The Labute approximate surface area is 126 Å². The smallest absolute Gasteiger partial charge is 0.340 e. The Morgan fingerprint density at radius 1 is 1.33 bits per heavy atom. The van der Waals surface area contributed by atoms with Crippen LogP contribution in [0.15, 0.2) is 12.1 Å². The molecule has 2 N–H and O–H groups in total. The van der Waals surface area contributed by atoms with E-state index in [2.05, 4.69) is 30.0 Å². The number of rotatable bonds is 3. The van der Waals surface area contributed by atoms with Gasteiger partial charge in [0.2, 0.25) is 0 Å². The molecule has 1 aliphatic rings. The molecule has 5 heteroatoms. The lowest BCUT2D eigenvalue weighted by Crippen LogP contribution is -2.42. The predicted octanol–water partition coefficient (Wildman–Crippen LogP) is 1.89. The van der Waals surface area contributed by atoms with Gasteiger partial charge in [0, 0.05) is 30.5 Å². The number of nitrogen functional groups attached to an aromatic ring is 1. The average molecular weight is 291 g/mol. The summed E-state index contributed by atoms with van der Waals surface area (Å²) in [5.41, 5.74) is 8.94. The van der Waals surface area contributed by atoms with Crippen LogP contribution < -0.4 is 10.6 Å². The Morgan fingerprint density at radius 2 is 1.95 bits per heavy atom. The highest BCUT2D eigenvalue weighted by atomic mass is 16.5. The van der Waals surface area contributed by atoms with Crippen LogP contribution in [0.4, 0.5) is 11.4 Å². The van der Waals surface area contributed by atoms with Crippen LogP contribution in [0.25, 0.3) is 0 Å². The number of hydrogen-bond donors (Lipinski definition) is 1. The van der Waals surface area contributed by atoms with Crippen molar-refractivity contribution in [1.29, 1.82) is 0 Å². The number of carbonyl (C=O) groups excluding carboxylic acids is 1. The maximum Gasteiger partial charge on any atom is 0.340 e. The van der Waals surface area contributed by atoms with Gasteiger partial charge in [-0.05, 0) is 51.6 Å². The first-order chi connectivity index (χ1) is 9.93. The maximum atomic E-state index is 11.8. The van der Waals surface area contributed by atoms with Crippen molar-refractivity contribution in [3.05, 3.63) is 23.3 Å². The van der Waals surface area contributed by atoms with Gasteiger partial charge in [0.05, 0.1) is 12.7 Å². The predicted molar refractivity (Wildman–Crippen MR) is 85.9 cm³/mol. The lowest BCUT2D eigenvalue weighted by atomic mass is 10.0. The molecule has 1 saturated heterocycles. The lowest BCUT2D eigenvalue weighted by Gasteiger charge is -2.36. The fourth-order valence-corrected chi connectivity index (χ4v) is 2.88. The molecule has 0 amide bonds. The summed E-state index contributed by atoms with van der Waals surface area (Å²) in [7, 11) is 5.64. The third-order valence-electron chi connectivity index (χ3n) is 4.34. The van der Waals surface area contributed by atoms with Gasteiger partial charge >= 0.3 is 5.97 Å². The number of methoxy groups -OCH3 is 1. The number of esters is 1. The molecule has 1 aliphatic heterocycles. The van der Waals surface area contributed by atoms with E-state index in [0.717, 1.165) is 37.2 Å². The Kier molecular flexibility index (Phi) is 4.73. The minimum atomic E-state index is -0.374. The topological polar surface area (TPSA) is 58.8 Å². The number of benzene rings is 1. The van der Waals surface area contributed by atoms with Crippen molar-refractivity contribution >= 4 is 17.3 Å². The van der Waals surface area contributed by atoms with E-state index in [4.69, 9.17) is 10.5 Å². The van der Waals surface area contributed by atoms with Gasteiger partial charge in [0.25, 0.3) is 0 Å². The molecule has 116 valence electrons. The highest BCUT2D eigenvalue weighted by molar-refractivity contribution is 5.97. The van der Waals surface area contributed by atoms with Crippen molar-refractivity contribution in [3.8, 4) is 0 Å². The van der Waals surface area contributed by atoms with Crippen LogP contribution in [0.5, 0.6) is 0 Å². The number of ether oxygens (including phenoxy) is 1. The molecule has 1 aromatic carbocycles. The van der Waals surface area contributed by atoms with Gasteiger partial charge in [0.15, 0.2) is 0 Å². The molecular formula is C16H25N3O2. The highest BCUT2D eigenvalue weighted by Gasteiger charge is 2.22. The van der Waals surface area contributed by atoms with Crippen molar-refractivity contribution in [2.24, 2.45) is 0 Å². The van der Waals surface area contributed by atoms with E-state index in [1.807, 2.05) is 13.0 Å². The Balaban J connectivity index is 2.21. The van der Waals surface area contributed by atoms with E-state index in [0.29, 0.717) is 17.3 Å². The minimum Gasteiger partial charge on any atom is -0.465 e. The van der Waals surface area contributed by atoms with Gasteiger partial charge in [-0.15, -0.1) is 0 Å². The highest BCUT2D eigenvalue weighted by Crippen LogP contribution is 2.28. The molecule has 0 bridgehead atoms. The summed E-state index contributed by atoms with van der Waals surface area (Å²) in [6.45, 7) is 3.91. The first kappa shape index (κ1) is 15.6. The van der Waals surface area contributed by atoms with E-state index >= 15 is 0 Å². The number of nitrogens with zero attached hydrogens (tertiary/aromatic N) is 2. The van der Waals surface area contributed by atoms with Gasteiger partial charge in [-0.1, -0.05) is 0 Å². The second-order valence-corrected chi connectivity index (χ2v) is 5.90. The molecule has 0 unspecified atom stereocenters. The lowest BCUT2D eigenvalue weighted by molar-refractivity contribution is 0.0602. The molecule has 0 saturated carbocycles. The maximum absolute atomic E-state index is 11.8. The van der Waals surface area contributed by atoms with E-state index in [1.165, 1.54) is 7.11 Å². The molecule has 0 aromatic heterocycles. The zero-order chi connectivity index (χ0) is 15.6. The summed E-state index contributed by atoms with van der Waals surface area (Å²) < 4.78 is 4.82. The second kappa shape index (κ2) is 6.35. The minimum absolute atomic E-state index is 0.374. The average Bonchev–Trinajstić information content (AvgIpc) is 2.49. The molecule has 0 radical (unpaired) electrons. The molecule has 1 heterocycles. The monoisotopic (exact) mass is 291 g/mol. The fourth-order valence-electron chi connectivity index (χ4n) is 2.88. The molecule has 2 rings (SSSR count). The Bertz CT molecular complexity index is 520. The number of nitrogens with two attached hydrogens (primary N) is 1. The van der Waals surface area contributed by atoms with E-state index in [1.54, 1.807) is 0 Å². The first-order valence-electron chi connectivity index (χ1n) is 7.34. The van der Waals surface area contributed by atoms with Crippen molar-refractivity contribution in [3.63, 3.8) is 0 Å². The van der Waals surface area contributed by atoms with Crippen molar-refractivity contribution < 1.29 is 9.53 Å². The van der Waals surface area contributed by atoms with E-state index in [9.17, 15) is 4.79 Å². The van der Waals surface area contributed by atoms with Crippen molar-refractivity contribution in [2.75, 3.05) is 44.9 Å². The van der Waals surface area contributed by atoms with E-state index < -0.39 is 0 Å². The summed E-state index contributed by atoms with van der Waals surface area (Å²) in [5, 5.41) is 0. The number of piperidine rings is 1. The zero-order valence-electron chi connectivity index (χ0n) is 13.3. The number of anilines is 2. The number of hydrogen-bond acceptors (Lipinski definition) is 5. The standard InChI is InChI=1S/C16H25N3O2/c1-11-9-13(10-14(15(11)17)16(20)21-4)19-7-5-12(6-8-19)18(2)3/h9-10,12H,5-8,17H2,1-4H3. The van der Waals surface area contributed by atoms with Crippen molar-refractivity contribution in [1.82, 2.24) is 4.90 Å². The number of aryl methyl sites for hydroxylation is 1. The molecule has 0 spiro atoms. The van der Waals surface area contributed by atoms with Crippen LogP contribution >= 0.6 is 0 Å². The van der Waals surface area contributed by atoms with Gasteiger partial charge in [0.1, 0.15) is 0 Å². The normalized spacial score (nSPS) is 16.3. The summed E-state index contributed by atoms with van der Waals surface area (Å²) in [6, 6.07) is 4.54. The summed E-state index contributed by atoms with van der Waals surface area (Å²) >= 11 is 0. The first-order valence-corrected chi connectivity index (χ1v) is 7.34. The molecule has 21 heavy (non-hydrogen) atoms. The Hall–Kier alpha value is -1.75. The van der Waals surface area contributed by atoms with Crippen LogP contribution in [-0.2, 0) is 4.74 Å². The van der Waals surface area contributed by atoms with Gasteiger partial charge in [-0.3, -0.25) is 0 Å². The molecular weight excluding hydrogens is 266 g/mol. The molecule has 1 aromatic rings. The van der Waals surface area contributed by atoms with Crippen LogP contribution in [0.3, 0.4) is 0 Å². The molecule has 0 atom stereocenters. The van der Waals surface area contributed by atoms with Crippen LogP contribution in [0.1, 0.15) is 28.8 Å². The van der Waals surface area contributed by atoms with Gasteiger partial charge < -0.3 is 20.3 Å². The third-order valence-corrected chi connectivity index (χ3v) is 4.34. The Morgan fingerprint density at radius 3 is 2.48 bits per heavy atom. The molecule has 1 fully saturated rings. The fraction of sp³-hybridized carbons (Fsp3) is 0.562.